The average Bonchev–Trinajstić information content (AvgIpc) is 2.87. The second kappa shape index (κ2) is 12.4. The van der Waals surface area contributed by atoms with Crippen LogP contribution in [0.4, 0.5) is 15.9 Å². The molecule has 0 spiro atoms. The van der Waals surface area contributed by atoms with Crippen LogP contribution >= 0.6 is 11.6 Å². The fourth-order valence-electron chi connectivity index (χ4n) is 2.98. The maximum Gasteiger partial charge on any atom is 0.258 e. The Morgan fingerprint density at radius 3 is 2.61 bits per heavy atom. The number of carbonyl (C=O) groups is 2. The number of amides is 2. The molecule has 0 saturated heterocycles. The lowest BCUT2D eigenvalue weighted by Crippen LogP contribution is -2.19. The first kappa shape index (κ1) is 26.3. The van der Waals surface area contributed by atoms with E-state index < -0.39 is 17.6 Å². The Bertz CT molecular complexity index is 1320. The summed E-state index contributed by atoms with van der Waals surface area (Å²) in [5.74, 6) is 0.644. The van der Waals surface area contributed by atoms with E-state index in [1.807, 2.05) is 0 Å². The largest absolute Gasteiger partial charge is 0.383 e. The number of rotatable bonds is 9. The van der Waals surface area contributed by atoms with Gasteiger partial charge in [0.15, 0.2) is 0 Å². The quantitative estimate of drug-likeness (QED) is 0.256. The Hall–Kier alpha value is -4.26. The number of benzene rings is 2. The number of hydrazone groups is 1. The summed E-state index contributed by atoms with van der Waals surface area (Å²) in [4.78, 5) is 29.8. The number of terminal acetylenes is 1. The second-order valence-corrected chi connectivity index (χ2v) is 7.97. The number of anilines is 2. The van der Waals surface area contributed by atoms with Crippen LogP contribution in [-0.4, -0.2) is 55.3 Å². The highest BCUT2D eigenvalue weighted by Gasteiger charge is 2.18. The number of carbonyl (C=O) groups excluding carboxylic acids is 2. The number of likely N-dealkylation sites (N-methyl/N-ethyl adjacent to an activating group) is 1. The molecule has 1 heterocycles. The Morgan fingerprint density at radius 1 is 1.17 bits per heavy atom. The number of nitrogens with zero attached hydrogens (tertiary/aromatic N) is 3. The summed E-state index contributed by atoms with van der Waals surface area (Å²) >= 11 is 6.07. The van der Waals surface area contributed by atoms with Gasteiger partial charge in [0.1, 0.15) is 11.6 Å². The van der Waals surface area contributed by atoms with E-state index in [1.54, 1.807) is 37.4 Å². The van der Waals surface area contributed by atoms with Crippen LogP contribution in [0.1, 0.15) is 31.8 Å². The fraction of sp³-hybridized carbons (Fsp3) is 0.154. The van der Waals surface area contributed by atoms with Gasteiger partial charge < -0.3 is 15.4 Å². The SMILES string of the molecule is C#Cc1ccc(NC(=O)c2cc(Cl)ccc2NC(=O)c2ccc(C=NN(C)CCOC)cc2F)nc1. The zero-order valence-corrected chi connectivity index (χ0v) is 20.3. The number of ether oxygens (including phenoxy) is 1. The van der Waals surface area contributed by atoms with Gasteiger partial charge in [-0.2, -0.15) is 5.10 Å². The van der Waals surface area contributed by atoms with Crippen LogP contribution in [0.2, 0.25) is 5.02 Å². The van der Waals surface area contributed by atoms with E-state index in [0.717, 1.165) is 0 Å². The zero-order valence-electron chi connectivity index (χ0n) is 19.6. The molecule has 2 amide bonds. The summed E-state index contributed by atoms with van der Waals surface area (Å²) in [5.41, 5.74) is 1.05. The highest BCUT2D eigenvalue weighted by Crippen LogP contribution is 2.23. The first-order valence-corrected chi connectivity index (χ1v) is 11.1. The van der Waals surface area contributed by atoms with Gasteiger partial charge in [0.2, 0.25) is 0 Å². The molecule has 0 bridgehead atoms. The van der Waals surface area contributed by atoms with Crippen LogP contribution in [0.3, 0.4) is 0 Å². The summed E-state index contributed by atoms with van der Waals surface area (Å²) < 4.78 is 19.7. The molecule has 3 rings (SSSR count). The lowest BCUT2D eigenvalue weighted by Gasteiger charge is -2.13. The molecule has 1 aromatic heterocycles. The molecule has 0 aliphatic heterocycles. The molecule has 0 saturated carbocycles. The third-order valence-corrected chi connectivity index (χ3v) is 5.14. The molecular formula is C26H23ClFN5O3. The molecule has 8 nitrogen and oxygen atoms in total. The summed E-state index contributed by atoms with van der Waals surface area (Å²) in [6, 6.07) is 11.6. The molecule has 3 aromatic rings. The van der Waals surface area contributed by atoms with Crippen LogP contribution in [-0.2, 0) is 4.74 Å². The summed E-state index contributed by atoms with van der Waals surface area (Å²) in [5, 5.41) is 11.3. The number of halogens is 2. The number of hydrogen-bond acceptors (Lipinski definition) is 6. The molecule has 0 aliphatic carbocycles. The fourth-order valence-corrected chi connectivity index (χ4v) is 3.15. The maximum absolute atomic E-state index is 14.7. The van der Waals surface area contributed by atoms with Gasteiger partial charge in [-0.1, -0.05) is 23.6 Å². The highest BCUT2D eigenvalue weighted by molar-refractivity contribution is 6.31. The van der Waals surface area contributed by atoms with Crippen molar-refractivity contribution in [2.75, 3.05) is 37.9 Å². The van der Waals surface area contributed by atoms with E-state index in [0.29, 0.717) is 24.3 Å². The van der Waals surface area contributed by atoms with E-state index >= 15 is 0 Å². The molecule has 184 valence electrons. The van der Waals surface area contributed by atoms with Gasteiger partial charge in [-0.25, -0.2) is 9.37 Å². The van der Waals surface area contributed by atoms with Crippen LogP contribution < -0.4 is 10.6 Å². The first-order valence-electron chi connectivity index (χ1n) is 10.7. The van der Waals surface area contributed by atoms with E-state index in [-0.39, 0.29) is 27.7 Å². The van der Waals surface area contributed by atoms with Crippen LogP contribution in [0.25, 0.3) is 0 Å². The number of hydrogen-bond donors (Lipinski definition) is 2. The molecular weight excluding hydrogens is 485 g/mol. The van der Waals surface area contributed by atoms with Crippen molar-refractivity contribution in [3.05, 3.63) is 87.8 Å². The predicted molar refractivity (Wildman–Crippen MR) is 138 cm³/mol. The molecule has 0 radical (unpaired) electrons. The molecule has 0 atom stereocenters. The van der Waals surface area contributed by atoms with Gasteiger partial charge in [0.25, 0.3) is 11.8 Å². The van der Waals surface area contributed by atoms with E-state index in [1.165, 1.54) is 42.7 Å². The van der Waals surface area contributed by atoms with Crippen molar-refractivity contribution >= 4 is 41.1 Å². The summed E-state index contributed by atoms with van der Waals surface area (Å²) in [7, 11) is 3.35. The van der Waals surface area contributed by atoms with E-state index in [9.17, 15) is 14.0 Å². The minimum Gasteiger partial charge on any atom is -0.383 e. The Labute approximate surface area is 213 Å². The molecule has 2 aromatic carbocycles. The lowest BCUT2D eigenvalue weighted by atomic mass is 10.1. The minimum atomic E-state index is -0.742. The Morgan fingerprint density at radius 2 is 1.94 bits per heavy atom. The van der Waals surface area contributed by atoms with Gasteiger partial charge in [0.05, 0.1) is 36.2 Å². The second-order valence-electron chi connectivity index (χ2n) is 7.53. The van der Waals surface area contributed by atoms with Crippen molar-refractivity contribution in [1.29, 1.82) is 0 Å². The lowest BCUT2D eigenvalue weighted by molar-refractivity contribution is 0.102. The number of methoxy groups -OCH3 is 1. The molecule has 0 fully saturated rings. The van der Waals surface area contributed by atoms with Gasteiger partial charge in [-0.15, -0.1) is 6.42 Å². The van der Waals surface area contributed by atoms with Crippen LogP contribution in [0.5, 0.6) is 0 Å². The zero-order chi connectivity index (χ0) is 26.1. The summed E-state index contributed by atoms with van der Waals surface area (Å²) in [6.07, 6.45) is 8.23. The van der Waals surface area contributed by atoms with Crippen molar-refractivity contribution < 1.29 is 18.7 Å². The third-order valence-electron chi connectivity index (χ3n) is 4.91. The van der Waals surface area contributed by atoms with Crippen molar-refractivity contribution in [1.82, 2.24) is 9.99 Å². The standard InChI is InChI=1S/C26H23ClFN5O3/c1-4-17-6-10-24(29-15-17)32-26(35)21-14-19(27)7-9-23(21)31-25(34)20-8-5-18(13-22(20)28)16-30-33(2)11-12-36-3/h1,5-10,13-16H,11-12H2,2-3H3,(H,31,34)(H,29,32,35). The van der Waals surface area contributed by atoms with Crippen LogP contribution in [0.15, 0.2) is 59.8 Å². The van der Waals surface area contributed by atoms with Gasteiger partial charge in [0, 0.05) is 30.9 Å². The van der Waals surface area contributed by atoms with Gasteiger partial charge in [-0.05, 0) is 48.0 Å². The van der Waals surface area contributed by atoms with Crippen molar-refractivity contribution in [3.8, 4) is 12.3 Å². The van der Waals surface area contributed by atoms with E-state index in [4.69, 9.17) is 22.8 Å². The van der Waals surface area contributed by atoms with Crippen molar-refractivity contribution in [3.63, 3.8) is 0 Å². The topological polar surface area (TPSA) is 95.9 Å². The maximum atomic E-state index is 14.7. The van der Waals surface area contributed by atoms with Crippen molar-refractivity contribution in [2.45, 2.75) is 0 Å². The third kappa shape index (κ3) is 7.12. The number of aromatic nitrogens is 1. The van der Waals surface area contributed by atoms with E-state index in [2.05, 4.69) is 26.6 Å². The molecule has 0 aliphatic rings. The average molecular weight is 508 g/mol. The molecule has 36 heavy (non-hydrogen) atoms. The number of nitrogens with one attached hydrogen (secondary N) is 2. The predicted octanol–water partition coefficient (Wildman–Crippen LogP) is 4.27. The monoisotopic (exact) mass is 507 g/mol. The first-order chi connectivity index (χ1) is 17.3. The smallest absolute Gasteiger partial charge is 0.258 e. The molecule has 10 heteroatoms. The Balaban J connectivity index is 1.75. The van der Waals surface area contributed by atoms with Gasteiger partial charge in [-0.3, -0.25) is 14.6 Å². The normalized spacial score (nSPS) is 10.6. The van der Waals surface area contributed by atoms with Gasteiger partial charge >= 0.3 is 0 Å². The van der Waals surface area contributed by atoms with Crippen molar-refractivity contribution in [2.24, 2.45) is 5.10 Å². The molecule has 2 N–H and O–H groups in total. The van der Waals surface area contributed by atoms with Crippen LogP contribution in [0, 0.1) is 18.2 Å². The highest BCUT2D eigenvalue weighted by atomic mass is 35.5. The molecule has 0 unspecified atom stereocenters. The number of pyridine rings is 1. The Kier molecular flexibility index (Phi) is 9.11. The summed E-state index contributed by atoms with van der Waals surface area (Å²) in [6.45, 7) is 1.07. The minimum absolute atomic E-state index is 0.0712.